The van der Waals surface area contributed by atoms with Gasteiger partial charge in [-0.05, 0) is 43.9 Å². The van der Waals surface area contributed by atoms with Gasteiger partial charge in [-0.15, -0.1) is 9.24 Å². The van der Waals surface area contributed by atoms with Crippen molar-refractivity contribution in [2.75, 3.05) is 0 Å². The van der Waals surface area contributed by atoms with Crippen LogP contribution in [-0.2, 0) is 0 Å². The minimum atomic E-state index is -2.78. The van der Waals surface area contributed by atoms with Gasteiger partial charge in [0, 0.05) is 11.6 Å². The molecule has 0 aliphatic heterocycles. The third kappa shape index (κ3) is 2.34. The molecule has 0 saturated heterocycles. The van der Waals surface area contributed by atoms with Gasteiger partial charge in [0.2, 0.25) is 0 Å². The molecule has 19 heavy (non-hydrogen) atoms. The third-order valence-electron chi connectivity index (χ3n) is 5.85. The Morgan fingerprint density at radius 1 is 0.895 bits per heavy atom. The topological polar surface area (TPSA) is 0 Å². The average molecular weight is 292 g/mol. The van der Waals surface area contributed by atoms with E-state index in [1.54, 1.807) is 0 Å². The fourth-order valence-electron chi connectivity index (χ4n) is 4.84. The molecule has 3 saturated carbocycles. The summed E-state index contributed by atoms with van der Waals surface area (Å²) in [6.45, 7) is 0. The zero-order chi connectivity index (χ0) is 13.6. The first kappa shape index (κ1) is 14.2. The second kappa shape index (κ2) is 5.20. The highest BCUT2D eigenvalue weighted by molar-refractivity contribution is 7.17. The van der Waals surface area contributed by atoms with Crippen LogP contribution in [0.1, 0.15) is 51.4 Å². The number of alkyl halides is 3. The van der Waals surface area contributed by atoms with E-state index in [1.165, 1.54) is 6.42 Å². The molecule has 0 aromatic rings. The number of hydrogen-bond acceptors (Lipinski definition) is 0. The summed E-state index contributed by atoms with van der Waals surface area (Å²) < 4.78 is 43.7. The van der Waals surface area contributed by atoms with Gasteiger partial charge in [-0.3, -0.25) is 0 Å². The molecule has 110 valence electrons. The molecule has 0 radical (unpaired) electrons. The molecule has 0 nitrogen and oxygen atoms in total. The van der Waals surface area contributed by atoms with Crippen molar-refractivity contribution in [2.24, 2.45) is 23.7 Å². The van der Waals surface area contributed by atoms with Crippen LogP contribution in [0.15, 0.2) is 0 Å². The fraction of sp³-hybridized carbons (Fsp3) is 1.00. The smallest absolute Gasteiger partial charge is 0.246 e. The zero-order valence-corrected chi connectivity index (χ0v) is 12.5. The molecule has 3 aliphatic rings. The molecule has 0 spiro atoms. The lowest BCUT2D eigenvalue weighted by molar-refractivity contribution is -0.126. The van der Waals surface area contributed by atoms with Crippen LogP contribution in [0.4, 0.5) is 13.2 Å². The van der Waals surface area contributed by atoms with E-state index in [9.17, 15) is 13.2 Å². The Labute approximate surface area is 116 Å². The second-order valence-corrected chi connectivity index (χ2v) is 7.74. The van der Waals surface area contributed by atoms with Gasteiger partial charge < -0.3 is 0 Å². The van der Waals surface area contributed by atoms with Gasteiger partial charge in [0.05, 0.1) is 5.92 Å². The first-order valence-corrected chi connectivity index (χ1v) is 8.46. The minimum Gasteiger partial charge on any atom is -0.246 e. The third-order valence-corrected chi connectivity index (χ3v) is 6.55. The number of rotatable bonds is 1. The first-order chi connectivity index (χ1) is 9.01. The molecule has 0 heterocycles. The van der Waals surface area contributed by atoms with E-state index in [4.69, 9.17) is 0 Å². The second-order valence-electron chi connectivity index (χ2n) is 6.89. The highest BCUT2D eigenvalue weighted by atomic mass is 31.0. The van der Waals surface area contributed by atoms with Gasteiger partial charge in [-0.1, -0.05) is 19.3 Å². The van der Waals surface area contributed by atoms with Crippen LogP contribution in [0.25, 0.3) is 0 Å². The van der Waals surface area contributed by atoms with Crippen LogP contribution in [0.2, 0.25) is 0 Å². The van der Waals surface area contributed by atoms with Gasteiger partial charge >= 0.3 is 0 Å². The van der Waals surface area contributed by atoms with E-state index in [0.717, 1.165) is 38.5 Å². The van der Waals surface area contributed by atoms with Crippen LogP contribution >= 0.6 is 9.24 Å². The largest absolute Gasteiger partial charge is 0.257 e. The van der Waals surface area contributed by atoms with Crippen molar-refractivity contribution in [3.8, 4) is 0 Å². The van der Waals surface area contributed by atoms with Crippen molar-refractivity contribution in [2.45, 2.75) is 69.1 Å². The molecule has 3 rings (SSSR count). The molecular weight excluding hydrogens is 268 g/mol. The Bertz CT molecular complexity index is 327. The van der Waals surface area contributed by atoms with E-state index in [0.29, 0.717) is 6.42 Å². The van der Waals surface area contributed by atoms with Gasteiger partial charge in [-0.2, -0.15) is 0 Å². The summed E-state index contributed by atoms with van der Waals surface area (Å²) in [6, 6.07) is 0. The molecule has 6 unspecified atom stereocenters. The van der Waals surface area contributed by atoms with Crippen molar-refractivity contribution in [1.29, 1.82) is 0 Å². The first-order valence-electron chi connectivity index (χ1n) is 7.79. The summed E-state index contributed by atoms with van der Waals surface area (Å²) in [5.41, 5.74) is -0.266. The highest BCUT2D eigenvalue weighted by Crippen LogP contribution is 2.59. The minimum absolute atomic E-state index is 0.0753. The quantitative estimate of drug-likeness (QED) is 0.607. The molecule has 4 heteroatoms. The molecule has 0 N–H and O–H groups in total. The van der Waals surface area contributed by atoms with Crippen molar-refractivity contribution in [1.82, 2.24) is 0 Å². The van der Waals surface area contributed by atoms with Gasteiger partial charge in [0.25, 0.3) is 5.92 Å². The van der Waals surface area contributed by atoms with E-state index in [1.807, 2.05) is 0 Å². The Hall–Kier alpha value is 0.220. The van der Waals surface area contributed by atoms with E-state index < -0.39 is 23.9 Å². The molecule has 0 aromatic carbocycles. The van der Waals surface area contributed by atoms with Gasteiger partial charge in [0.15, 0.2) is 0 Å². The number of hydrogen-bond donors (Lipinski definition) is 0. The molecule has 6 atom stereocenters. The Balaban J connectivity index is 1.80. The van der Waals surface area contributed by atoms with Crippen molar-refractivity contribution in [3.05, 3.63) is 0 Å². The van der Waals surface area contributed by atoms with Crippen LogP contribution in [-0.4, -0.2) is 17.8 Å². The van der Waals surface area contributed by atoms with Crippen molar-refractivity contribution >= 4 is 9.24 Å². The molecule has 0 aromatic heterocycles. The van der Waals surface area contributed by atoms with Gasteiger partial charge in [0.1, 0.15) is 6.17 Å². The fourth-order valence-corrected chi connectivity index (χ4v) is 5.27. The van der Waals surface area contributed by atoms with Crippen LogP contribution < -0.4 is 0 Å². The maximum atomic E-state index is 14.7. The molecule has 0 bridgehead atoms. The summed E-state index contributed by atoms with van der Waals surface area (Å²) in [4.78, 5) is 0. The Morgan fingerprint density at radius 3 is 2.26 bits per heavy atom. The van der Waals surface area contributed by atoms with Crippen molar-refractivity contribution in [3.63, 3.8) is 0 Å². The van der Waals surface area contributed by atoms with Crippen LogP contribution in [0.3, 0.4) is 0 Å². The SMILES string of the molecule is FC1C(P)CCC2CC(C3CCCCC3)C(F)(F)C21. The molecular formula is C15H24F3P. The number of halogens is 3. The molecule has 3 aliphatic carbocycles. The summed E-state index contributed by atoms with van der Waals surface area (Å²) in [5, 5.41) is 0. The van der Waals surface area contributed by atoms with E-state index >= 15 is 0 Å². The van der Waals surface area contributed by atoms with Gasteiger partial charge in [-0.25, -0.2) is 13.2 Å². The Kier molecular flexibility index (Phi) is 3.88. The maximum Gasteiger partial charge on any atom is 0.257 e. The number of fused-ring (bicyclic) bond motifs is 1. The average Bonchev–Trinajstić information content (AvgIpc) is 2.67. The van der Waals surface area contributed by atoms with Crippen molar-refractivity contribution < 1.29 is 13.2 Å². The van der Waals surface area contributed by atoms with E-state index in [2.05, 4.69) is 9.24 Å². The lowest BCUT2D eigenvalue weighted by Gasteiger charge is -2.37. The summed E-state index contributed by atoms with van der Waals surface area (Å²) in [5.74, 6) is -4.26. The summed E-state index contributed by atoms with van der Waals surface area (Å²) in [6.07, 6.45) is 5.99. The predicted octanol–water partition coefficient (Wildman–Crippen LogP) is 4.83. The summed E-state index contributed by atoms with van der Waals surface area (Å²) >= 11 is 0. The lowest BCUT2D eigenvalue weighted by atomic mass is 9.76. The van der Waals surface area contributed by atoms with E-state index in [-0.39, 0.29) is 17.5 Å². The monoisotopic (exact) mass is 292 g/mol. The maximum absolute atomic E-state index is 14.7. The highest BCUT2D eigenvalue weighted by Gasteiger charge is 2.63. The normalized spacial score (nSPS) is 47.1. The Morgan fingerprint density at radius 2 is 1.58 bits per heavy atom. The molecule has 0 amide bonds. The molecule has 3 fully saturated rings. The van der Waals surface area contributed by atoms with Crippen LogP contribution in [0.5, 0.6) is 0 Å². The predicted molar refractivity (Wildman–Crippen MR) is 74.2 cm³/mol. The lowest BCUT2D eigenvalue weighted by Crippen LogP contribution is -2.45. The standard InChI is InChI=1S/C15H24F3P/c16-14-12(19)7-6-10-8-11(15(17,18)13(10)14)9-4-2-1-3-5-9/h9-14H,1-8,19H2. The zero-order valence-electron chi connectivity index (χ0n) is 11.3. The summed E-state index contributed by atoms with van der Waals surface area (Å²) in [7, 11) is 2.44. The van der Waals surface area contributed by atoms with Crippen LogP contribution in [0, 0.1) is 23.7 Å².